The van der Waals surface area contributed by atoms with Crippen molar-refractivity contribution in [3.8, 4) is 5.75 Å². The highest BCUT2D eigenvalue weighted by molar-refractivity contribution is 5.29. The van der Waals surface area contributed by atoms with Crippen molar-refractivity contribution in [1.29, 1.82) is 0 Å². The van der Waals surface area contributed by atoms with E-state index in [1.54, 1.807) is 24.3 Å². The van der Waals surface area contributed by atoms with Gasteiger partial charge in [-0.15, -0.1) is 0 Å². The summed E-state index contributed by atoms with van der Waals surface area (Å²) in [6.45, 7) is 1.95. The number of halogens is 2. The van der Waals surface area contributed by atoms with Crippen LogP contribution in [0.1, 0.15) is 16.7 Å². The lowest BCUT2D eigenvalue weighted by molar-refractivity contribution is 0.305. The predicted molar refractivity (Wildman–Crippen MR) is 99.0 cm³/mol. The normalized spacial score (nSPS) is 10.7. The van der Waals surface area contributed by atoms with Gasteiger partial charge in [0.2, 0.25) is 0 Å². The van der Waals surface area contributed by atoms with Crippen LogP contribution in [0, 0.1) is 11.6 Å². The summed E-state index contributed by atoms with van der Waals surface area (Å²) in [7, 11) is 0. The lowest BCUT2D eigenvalue weighted by Gasteiger charge is -2.09. The van der Waals surface area contributed by atoms with Gasteiger partial charge < -0.3 is 10.1 Å². The highest BCUT2D eigenvalue weighted by Crippen LogP contribution is 2.15. The largest absolute Gasteiger partial charge is 0.489 e. The first-order valence-corrected chi connectivity index (χ1v) is 8.60. The zero-order valence-corrected chi connectivity index (χ0v) is 14.4. The molecule has 134 valence electrons. The van der Waals surface area contributed by atoms with Crippen LogP contribution in [0.3, 0.4) is 0 Å². The van der Waals surface area contributed by atoms with Gasteiger partial charge in [-0.05, 0) is 66.1 Å². The molecule has 0 saturated carbocycles. The third-order valence-corrected chi connectivity index (χ3v) is 4.05. The molecule has 0 saturated heterocycles. The Morgan fingerprint density at radius 1 is 0.731 bits per heavy atom. The van der Waals surface area contributed by atoms with E-state index in [9.17, 15) is 8.78 Å². The molecule has 3 aromatic rings. The van der Waals surface area contributed by atoms with Crippen molar-refractivity contribution < 1.29 is 13.5 Å². The van der Waals surface area contributed by atoms with E-state index < -0.39 is 0 Å². The molecule has 0 aliphatic carbocycles. The van der Waals surface area contributed by atoms with E-state index in [-0.39, 0.29) is 11.6 Å². The van der Waals surface area contributed by atoms with Gasteiger partial charge in [0.15, 0.2) is 0 Å². The molecule has 0 bridgehead atoms. The molecule has 0 unspecified atom stereocenters. The van der Waals surface area contributed by atoms with Crippen LogP contribution in [-0.2, 0) is 19.6 Å². The summed E-state index contributed by atoms with van der Waals surface area (Å²) in [5.74, 6) is 0.328. The van der Waals surface area contributed by atoms with Crippen molar-refractivity contribution in [3.63, 3.8) is 0 Å². The first kappa shape index (κ1) is 18.1. The summed E-state index contributed by atoms with van der Waals surface area (Å²) in [6.07, 6.45) is 0.848. The Labute approximate surface area is 152 Å². The van der Waals surface area contributed by atoms with Crippen molar-refractivity contribution >= 4 is 0 Å². The van der Waals surface area contributed by atoms with Crippen molar-refractivity contribution in [2.45, 2.75) is 19.6 Å². The van der Waals surface area contributed by atoms with Crippen LogP contribution < -0.4 is 10.1 Å². The minimum absolute atomic E-state index is 0.209. The standard InChI is InChI=1S/C22H21F2NO/c23-20-8-4-17(5-9-20)12-13-25-15-19-2-1-3-22(14-19)26-16-18-6-10-21(24)11-7-18/h1-11,14,25H,12-13,15-16H2. The maximum Gasteiger partial charge on any atom is 0.123 e. The minimum Gasteiger partial charge on any atom is -0.489 e. The molecule has 0 aliphatic rings. The molecule has 0 radical (unpaired) electrons. The summed E-state index contributed by atoms with van der Waals surface area (Å²) in [6, 6.07) is 20.8. The summed E-state index contributed by atoms with van der Waals surface area (Å²) >= 11 is 0. The van der Waals surface area contributed by atoms with Crippen molar-refractivity contribution in [3.05, 3.63) is 101 Å². The van der Waals surface area contributed by atoms with Crippen molar-refractivity contribution in [1.82, 2.24) is 5.32 Å². The molecule has 3 rings (SSSR count). The van der Waals surface area contributed by atoms with Crippen LogP contribution in [0.2, 0.25) is 0 Å². The van der Waals surface area contributed by atoms with Crippen molar-refractivity contribution in [2.24, 2.45) is 0 Å². The number of benzene rings is 3. The zero-order valence-electron chi connectivity index (χ0n) is 14.4. The maximum atomic E-state index is 12.9. The Kier molecular flexibility index (Phi) is 6.34. The molecule has 0 fully saturated rings. The second-order valence-electron chi connectivity index (χ2n) is 6.12. The molecule has 0 heterocycles. The van der Waals surface area contributed by atoms with E-state index in [0.29, 0.717) is 6.61 Å². The third kappa shape index (κ3) is 5.67. The number of rotatable bonds is 8. The Balaban J connectivity index is 1.44. The van der Waals surface area contributed by atoms with Gasteiger partial charge in [0.25, 0.3) is 0 Å². The van der Waals surface area contributed by atoms with Crippen molar-refractivity contribution in [2.75, 3.05) is 6.54 Å². The Hall–Kier alpha value is -2.72. The Bertz CT molecular complexity index is 816. The van der Waals surface area contributed by atoms with E-state index in [2.05, 4.69) is 5.32 Å². The van der Waals surface area contributed by atoms with E-state index >= 15 is 0 Å². The molecule has 0 spiro atoms. The van der Waals surface area contributed by atoms with Gasteiger partial charge in [0, 0.05) is 6.54 Å². The fourth-order valence-corrected chi connectivity index (χ4v) is 2.61. The van der Waals surface area contributed by atoms with Gasteiger partial charge in [-0.3, -0.25) is 0 Å². The van der Waals surface area contributed by atoms with Crippen LogP contribution in [0.4, 0.5) is 8.78 Å². The first-order valence-electron chi connectivity index (χ1n) is 8.60. The third-order valence-electron chi connectivity index (χ3n) is 4.05. The monoisotopic (exact) mass is 353 g/mol. The topological polar surface area (TPSA) is 21.3 Å². The highest BCUT2D eigenvalue weighted by Gasteiger charge is 2.00. The molecule has 4 heteroatoms. The van der Waals surface area contributed by atoms with Gasteiger partial charge in [0.05, 0.1) is 0 Å². The molecule has 0 aromatic heterocycles. The molecular formula is C22H21F2NO. The van der Waals surface area contributed by atoms with E-state index in [4.69, 9.17) is 4.74 Å². The first-order chi connectivity index (χ1) is 12.7. The lowest BCUT2D eigenvalue weighted by Crippen LogP contribution is -2.16. The molecule has 3 aromatic carbocycles. The number of hydrogen-bond acceptors (Lipinski definition) is 2. The Morgan fingerprint density at radius 3 is 2.08 bits per heavy atom. The van der Waals surface area contributed by atoms with Gasteiger partial charge >= 0.3 is 0 Å². The lowest BCUT2D eigenvalue weighted by atomic mass is 10.1. The van der Waals surface area contributed by atoms with Gasteiger partial charge in [-0.25, -0.2) is 8.78 Å². The van der Waals surface area contributed by atoms with Crippen LogP contribution >= 0.6 is 0 Å². The highest BCUT2D eigenvalue weighted by atomic mass is 19.1. The summed E-state index contributed by atoms with van der Waals surface area (Å²) < 4.78 is 31.6. The summed E-state index contributed by atoms with van der Waals surface area (Å²) in [4.78, 5) is 0. The predicted octanol–water partition coefficient (Wildman–Crippen LogP) is 4.88. The molecule has 0 aliphatic heterocycles. The molecule has 26 heavy (non-hydrogen) atoms. The zero-order chi connectivity index (χ0) is 18.2. The van der Waals surface area contributed by atoms with Crippen LogP contribution in [-0.4, -0.2) is 6.54 Å². The van der Waals surface area contributed by atoms with Gasteiger partial charge in [-0.2, -0.15) is 0 Å². The van der Waals surface area contributed by atoms with E-state index in [1.165, 1.54) is 24.3 Å². The summed E-state index contributed by atoms with van der Waals surface area (Å²) in [5.41, 5.74) is 3.16. The molecule has 2 nitrogen and oxygen atoms in total. The van der Waals surface area contributed by atoms with Crippen LogP contribution in [0.5, 0.6) is 5.75 Å². The fraction of sp³-hybridized carbons (Fsp3) is 0.182. The Morgan fingerprint density at radius 2 is 1.38 bits per heavy atom. The summed E-state index contributed by atoms with van der Waals surface area (Å²) in [5, 5.41) is 3.38. The van der Waals surface area contributed by atoms with Gasteiger partial charge in [0.1, 0.15) is 24.0 Å². The smallest absolute Gasteiger partial charge is 0.123 e. The SMILES string of the molecule is Fc1ccc(CCNCc2cccc(OCc3ccc(F)cc3)c2)cc1. The fourth-order valence-electron chi connectivity index (χ4n) is 2.61. The quantitative estimate of drug-likeness (QED) is 0.583. The average molecular weight is 353 g/mol. The second kappa shape index (κ2) is 9.11. The second-order valence-corrected chi connectivity index (χ2v) is 6.12. The molecule has 0 amide bonds. The molecule has 1 N–H and O–H groups in total. The average Bonchev–Trinajstić information content (AvgIpc) is 2.67. The number of nitrogens with one attached hydrogen (secondary N) is 1. The molecular weight excluding hydrogens is 332 g/mol. The number of ether oxygens (including phenoxy) is 1. The van der Waals surface area contributed by atoms with Crippen LogP contribution in [0.25, 0.3) is 0 Å². The van der Waals surface area contributed by atoms with Gasteiger partial charge in [-0.1, -0.05) is 36.4 Å². The molecule has 0 atom stereocenters. The number of hydrogen-bond donors (Lipinski definition) is 1. The maximum absolute atomic E-state index is 12.9. The van der Waals surface area contributed by atoms with Crippen LogP contribution in [0.15, 0.2) is 72.8 Å². The van der Waals surface area contributed by atoms with E-state index in [0.717, 1.165) is 42.0 Å². The minimum atomic E-state index is -0.248. The van der Waals surface area contributed by atoms with E-state index in [1.807, 2.05) is 24.3 Å².